The van der Waals surface area contributed by atoms with E-state index in [0.717, 1.165) is 32.3 Å². The molecule has 1 saturated heterocycles. The molecule has 0 saturated carbocycles. The SMILES string of the molecule is CCCCOC(=O)c1ccc(C(=O)OCC2CCCO2)cc1. The highest BCUT2D eigenvalue weighted by Gasteiger charge is 2.18. The zero-order valence-corrected chi connectivity index (χ0v) is 12.9. The minimum Gasteiger partial charge on any atom is -0.462 e. The van der Waals surface area contributed by atoms with Gasteiger partial charge in [-0.3, -0.25) is 0 Å². The number of hydrogen-bond donors (Lipinski definition) is 0. The second kappa shape index (κ2) is 8.54. The van der Waals surface area contributed by atoms with Crippen molar-refractivity contribution < 1.29 is 23.8 Å². The van der Waals surface area contributed by atoms with E-state index in [9.17, 15) is 9.59 Å². The molecule has 5 heteroatoms. The van der Waals surface area contributed by atoms with Gasteiger partial charge in [-0.25, -0.2) is 9.59 Å². The Hall–Kier alpha value is -1.88. The second-order valence-corrected chi connectivity index (χ2v) is 5.30. The Kier molecular flexibility index (Phi) is 6.40. The molecule has 120 valence electrons. The maximum absolute atomic E-state index is 11.9. The van der Waals surface area contributed by atoms with E-state index in [1.165, 1.54) is 0 Å². The van der Waals surface area contributed by atoms with E-state index in [1.807, 2.05) is 6.92 Å². The summed E-state index contributed by atoms with van der Waals surface area (Å²) in [6.07, 6.45) is 3.77. The van der Waals surface area contributed by atoms with Crippen LogP contribution in [0.1, 0.15) is 53.3 Å². The third kappa shape index (κ3) is 4.84. The number of ether oxygens (including phenoxy) is 3. The summed E-state index contributed by atoms with van der Waals surface area (Å²) in [7, 11) is 0. The summed E-state index contributed by atoms with van der Waals surface area (Å²) in [5.74, 6) is -0.769. The van der Waals surface area contributed by atoms with E-state index in [-0.39, 0.29) is 18.7 Å². The summed E-state index contributed by atoms with van der Waals surface area (Å²) in [6.45, 7) is 3.46. The van der Waals surface area contributed by atoms with Crippen molar-refractivity contribution in [2.75, 3.05) is 19.8 Å². The van der Waals surface area contributed by atoms with E-state index >= 15 is 0 Å². The standard InChI is InChI=1S/C17H22O5/c1-2-3-10-21-16(18)13-6-8-14(9-7-13)17(19)22-12-15-5-4-11-20-15/h6-9,15H,2-5,10-12H2,1H3. The molecule has 0 spiro atoms. The Bertz CT molecular complexity index is 488. The number of hydrogen-bond acceptors (Lipinski definition) is 5. The lowest BCUT2D eigenvalue weighted by Crippen LogP contribution is -2.18. The highest BCUT2D eigenvalue weighted by Crippen LogP contribution is 2.13. The number of unbranched alkanes of at least 4 members (excludes halogenated alkanes) is 1. The molecule has 0 N–H and O–H groups in total. The van der Waals surface area contributed by atoms with Crippen LogP contribution in [0, 0.1) is 0 Å². The summed E-state index contributed by atoms with van der Waals surface area (Å²) in [6, 6.07) is 6.32. The number of carbonyl (C=O) groups is 2. The highest BCUT2D eigenvalue weighted by molar-refractivity contribution is 5.93. The lowest BCUT2D eigenvalue weighted by molar-refractivity contribution is 0.0161. The van der Waals surface area contributed by atoms with Crippen molar-refractivity contribution in [3.05, 3.63) is 35.4 Å². The van der Waals surface area contributed by atoms with Crippen LogP contribution in [-0.4, -0.2) is 37.9 Å². The molecule has 1 aliphatic rings. The zero-order valence-electron chi connectivity index (χ0n) is 12.9. The van der Waals surface area contributed by atoms with Gasteiger partial charge in [0.2, 0.25) is 0 Å². The maximum atomic E-state index is 11.9. The zero-order chi connectivity index (χ0) is 15.8. The largest absolute Gasteiger partial charge is 0.462 e. The van der Waals surface area contributed by atoms with Crippen molar-refractivity contribution in [1.82, 2.24) is 0 Å². The van der Waals surface area contributed by atoms with Crippen LogP contribution in [0.5, 0.6) is 0 Å². The van der Waals surface area contributed by atoms with Crippen molar-refractivity contribution >= 4 is 11.9 Å². The first-order valence-electron chi connectivity index (χ1n) is 7.76. The number of rotatable bonds is 7. The molecule has 1 unspecified atom stereocenters. The Labute approximate surface area is 130 Å². The van der Waals surface area contributed by atoms with E-state index in [2.05, 4.69) is 0 Å². The van der Waals surface area contributed by atoms with Crippen LogP contribution in [-0.2, 0) is 14.2 Å². The first kappa shape index (κ1) is 16.5. The van der Waals surface area contributed by atoms with Gasteiger partial charge in [-0.1, -0.05) is 13.3 Å². The minimum atomic E-state index is -0.401. The number of esters is 2. The normalized spacial score (nSPS) is 17.2. The molecule has 2 rings (SSSR count). The van der Waals surface area contributed by atoms with Gasteiger partial charge in [-0.05, 0) is 43.5 Å². The van der Waals surface area contributed by atoms with Crippen molar-refractivity contribution in [2.45, 2.75) is 38.7 Å². The fourth-order valence-corrected chi connectivity index (χ4v) is 2.16. The number of carbonyl (C=O) groups excluding carboxylic acids is 2. The van der Waals surface area contributed by atoms with Crippen LogP contribution in [0.4, 0.5) is 0 Å². The molecular formula is C17H22O5. The van der Waals surface area contributed by atoms with Gasteiger partial charge in [-0.15, -0.1) is 0 Å². The van der Waals surface area contributed by atoms with Gasteiger partial charge < -0.3 is 14.2 Å². The molecule has 0 aliphatic carbocycles. The van der Waals surface area contributed by atoms with Gasteiger partial charge in [0.25, 0.3) is 0 Å². The van der Waals surface area contributed by atoms with Gasteiger partial charge >= 0.3 is 11.9 Å². The predicted octanol–water partition coefficient (Wildman–Crippen LogP) is 2.98. The van der Waals surface area contributed by atoms with Gasteiger partial charge in [0, 0.05) is 6.61 Å². The van der Waals surface area contributed by atoms with Crippen LogP contribution < -0.4 is 0 Å². The molecule has 5 nitrogen and oxygen atoms in total. The van der Waals surface area contributed by atoms with Crippen molar-refractivity contribution in [1.29, 1.82) is 0 Å². The Balaban J connectivity index is 1.82. The van der Waals surface area contributed by atoms with E-state index in [1.54, 1.807) is 24.3 Å². The van der Waals surface area contributed by atoms with Crippen LogP contribution in [0.3, 0.4) is 0 Å². The molecule has 1 heterocycles. The average molecular weight is 306 g/mol. The van der Waals surface area contributed by atoms with Gasteiger partial charge in [0.1, 0.15) is 6.61 Å². The molecule has 0 radical (unpaired) electrons. The summed E-state index contributed by atoms with van der Waals surface area (Å²) in [5.41, 5.74) is 0.856. The van der Waals surface area contributed by atoms with Crippen molar-refractivity contribution in [2.24, 2.45) is 0 Å². The molecule has 0 amide bonds. The predicted molar refractivity (Wildman–Crippen MR) is 80.9 cm³/mol. The smallest absolute Gasteiger partial charge is 0.338 e. The molecule has 1 aliphatic heterocycles. The third-order valence-corrected chi connectivity index (χ3v) is 3.51. The lowest BCUT2D eigenvalue weighted by Gasteiger charge is -2.10. The van der Waals surface area contributed by atoms with E-state index < -0.39 is 5.97 Å². The Morgan fingerprint density at radius 2 is 1.77 bits per heavy atom. The van der Waals surface area contributed by atoms with Crippen molar-refractivity contribution in [3.8, 4) is 0 Å². The van der Waals surface area contributed by atoms with E-state index in [0.29, 0.717) is 17.7 Å². The van der Waals surface area contributed by atoms with Crippen LogP contribution >= 0.6 is 0 Å². The molecule has 1 fully saturated rings. The fraction of sp³-hybridized carbons (Fsp3) is 0.529. The maximum Gasteiger partial charge on any atom is 0.338 e. The molecule has 1 aromatic rings. The molecular weight excluding hydrogens is 284 g/mol. The topological polar surface area (TPSA) is 61.8 Å². The van der Waals surface area contributed by atoms with Gasteiger partial charge in [0.15, 0.2) is 0 Å². The first-order valence-corrected chi connectivity index (χ1v) is 7.76. The van der Waals surface area contributed by atoms with Crippen LogP contribution in [0.15, 0.2) is 24.3 Å². The lowest BCUT2D eigenvalue weighted by atomic mass is 10.1. The molecule has 1 atom stereocenters. The molecule has 22 heavy (non-hydrogen) atoms. The van der Waals surface area contributed by atoms with Crippen molar-refractivity contribution in [3.63, 3.8) is 0 Å². The van der Waals surface area contributed by atoms with Crippen LogP contribution in [0.25, 0.3) is 0 Å². The first-order chi connectivity index (χ1) is 10.7. The summed E-state index contributed by atoms with van der Waals surface area (Å²) in [4.78, 5) is 23.6. The third-order valence-electron chi connectivity index (χ3n) is 3.51. The summed E-state index contributed by atoms with van der Waals surface area (Å²) in [5, 5.41) is 0. The Morgan fingerprint density at radius 3 is 2.32 bits per heavy atom. The molecule has 1 aromatic carbocycles. The second-order valence-electron chi connectivity index (χ2n) is 5.30. The van der Waals surface area contributed by atoms with Gasteiger partial charge in [0.05, 0.1) is 23.8 Å². The summed E-state index contributed by atoms with van der Waals surface area (Å²) >= 11 is 0. The number of benzene rings is 1. The average Bonchev–Trinajstić information content (AvgIpc) is 3.06. The van der Waals surface area contributed by atoms with E-state index in [4.69, 9.17) is 14.2 Å². The quantitative estimate of drug-likeness (QED) is 0.572. The fourth-order valence-electron chi connectivity index (χ4n) is 2.16. The summed E-state index contributed by atoms with van der Waals surface area (Å²) < 4.78 is 15.7. The molecule has 0 bridgehead atoms. The highest BCUT2D eigenvalue weighted by atomic mass is 16.6. The van der Waals surface area contributed by atoms with Crippen LogP contribution in [0.2, 0.25) is 0 Å². The molecule has 0 aromatic heterocycles. The van der Waals surface area contributed by atoms with Gasteiger partial charge in [-0.2, -0.15) is 0 Å². The monoisotopic (exact) mass is 306 g/mol. The minimum absolute atomic E-state index is 0.0109. The Morgan fingerprint density at radius 1 is 1.14 bits per heavy atom.